The third-order valence-corrected chi connectivity index (χ3v) is 4.03. The van der Waals surface area contributed by atoms with Gasteiger partial charge in [-0.3, -0.25) is 9.78 Å². The van der Waals surface area contributed by atoms with Gasteiger partial charge >= 0.3 is 5.97 Å². The smallest absolute Gasteiger partial charge is 0.306 e. The molecule has 0 spiro atoms. The Kier molecular flexibility index (Phi) is 6.22. The van der Waals surface area contributed by atoms with Gasteiger partial charge in [-0.05, 0) is 24.6 Å². The highest BCUT2D eigenvalue weighted by atomic mass is 32.2. The van der Waals surface area contributed by atoms with Crippen LogP contribution in [-0.2, 0) is 16.0 Å². The van der Waals surface area contributed by atoms with Gasteiger partial charge in [0.15, 0.2) is 11.6 Å². The van der Waals surface area contributed by atoms with Crippen molar-refractivity contribution in [2.45, 2.75) is 24.7 Å². The second-order valence-electron chi connectivity index (χ2n) is 4.63. The zero-order valence-electron chi connectivity index (χ0n) is 13.1. The minimum atomic E-state index is -0.236. The van der Waals surface area contributed by atoms with Crippen molar-refractivity contribution in [3.05, 3.63) is 36.3 Å². The molecule has 0 aliphatic rings. The van der Waals surface area contributed by atoms with Crippen LogP contribution in [0.4, 0.5) is 5.82 Å². The van der Waals surface area contributed by atoms with Gasteiger partial charge in [0.1, 0.15) is 5.75 Å². The number of hydrogen-bond acceptors (Lipinski definition) is 7. The highest BCUT2D eigenvalue weighted by Crippen LogP contribution is 2.31. The lowest BCUT2D eigenvalue weighted by Crippen LogP contribution is -2.01. The third kappa shape index (κ3) is 4.85. The van der Waals surface area contributed by atoms with Crippen molar-refractivity contribution in [3.8, 4) is 11.5 Å². The van der Waals surface area contributed by atoms with Crippen LogP contribution in [0, 0.1) is 0 Å². The van der Waals surface area contributed by atoms with Crippen LogP contribution in [0.15, 0.2) is 35.5 Å². The minimum Gasteiger partial charge on any atom is -0.469 e. The van der Waals surface area contributed by atoms with Crippen LogP contribution in [0.25, 0.3) is 0 Å². The quantitative estimate of drug-likeness (QED) is 0.615. The van der Waals surface area contributed by atoms with Crippen molar-refractivity contribution >= 4 is 23.5 Å². The molecule has 2 N–H and O–H groups in total. The maximum atomic E-state index is 11.1. The predicted molar refractivity (Wildman–Crippen MR) is 89.7 cm³/mol. The average Bonchev–Trinajstić information content (AvgIpc) is 2.58. The highest BCUT2D eigenvalue weighted by Gasteiger charge is 2.10. The van der Waals surface area contributed by atoms with E-state index in [0.29, 0.717) is 29.5 Å². The molecule has 2 heterocycles. The summed E-state index contributed by atoms with van der Waals surface area (Å²) in [5.41, 5.74) is 6.74. The summed E-state index contributed by atoms with van der Waals surface area (Å²) in [5.74, 6) is 1.83. The number of nitrogen functional groups attached to an aromatic ring is 1. The molecule has 0 aliphatic carbocycles. The SMILES string of the molecule is CCc1ncccc1Oc1cc(SCCC(=O)OC)cnc1N. The predicted octanol–water partition coefficient (Wildman–Crippen LogP) is 3.07. The van der Waals surface area contributed by atoms with Crippen molar-refractivity contribution < 1.29 is 14.3 Å². The first kappa shape index (κ1) is 17.1. The minimum absolute atomic E-state index is 0.236. The summed E-state index contributed by atoms with van der Waals surface area (Å²) in [7, 11) is 1.38. The first-order chi connectivity index (χ1) is 11.1. The number of aromatic nitrogens is 2. The number of hydrogen-bond donors (Lipinski definition) is 1. The van der Waals surface area contributed by atoms with Crippen LogP contribution in [0.5, 0.6) is 11.5 Å². The highest BCUT2D eigenvalue weighted by molar-refractivity contribution is 7.99. The molecule has 0 fully saturated rings. The van der Waals surface area contributed by atoms with Gasteiger partial charge in [0, 0.05) is 23.0 Å². The number of carbonyl (C=O) groups is 1. The second-order valence-corrected chi connectivity index (χ2v) is 5.80. The molecule has 0 saturated carbocycles. The molecular weight excluding hydrogens is 314 g/mol. The van der Waals surface area contributed by atoms with E-state index in [1.54, 1.807) is 12.4 Å². The number of pyridine rings is 2. The van der Waals surface area contributed by atoms with E-state index >= 15 is 0 Å². The van der Waals surface area contributed by atoms with E-state index in [1.165, 1.54) is 18.9 Å². The summed E-state index contributed by atoms with van der Waals surface area (Å²) in [6.45, 7) is 2.01. The molecule has 2 aromatic heterocycles. The van der Waals surface area contributed by atoms with E-state index in [-0.39, 0.29) is 5.97 Å². The molecule has 0 radical (unpaired) electrons. The molecule has 7 heteroatoms. The molecule has 0 bridgehead atoms. The largest absolute Gasteiger partial charge is 0.469 e. The fraction of sp³-hybridized carbons (Fsp3) is 0.312. The van der Waals surface area contributed by atoms with Crippen molar-refractivity contribution in [3.63, 3.8) is 0 Å². The van der Waals surface area contributed by atoms with Crippen molar-refractivity contribution in [2.24, 2.45) is 0 Å². The van der Waals surface area contributed by atoms with Gasteiger partial charge in [0.25, 0.3) is 0 Å². The van der Waals surface area contributed by atoms with Gasteiger partial charge in [-0.2, -0.15) is 0 Å². The summed E-state index contributed by atoms with van der Waals surface area (Å²) in [6.07, 6.45) is 4.49. The molecule has 0 aliphatic heterocycles. The van der Waals surface area contributed by atoms with E-state index in [2.05, 4.69) is 14.7 Å². The van der Waals surface area contributed by atoms with E-state index in [9.17, 15) is 4.79 Å². The maximum absolute atomic E-state index is 11.1. The Labute approximate surface area is 139 Å². The van der Waals surface area contributed by atoms with Gasteiger partial charge in [-0.15, -0.1) is 11.8 Å². The summed E-state index contributed by atoms with van der Waals surface area (Å²) < 4.78 is 10.5. The lowest BCUT2D eigenvalue weighted by molar-refractivity contribution is -0.140. The number of thioether (sulfide) groups is 1. The molecule has 0 saturated heterocycles. The van der Waals surface area contributed by atoms with Crippen LogP contribution in [-0.4, -0.2) is 28.8 Å². The zero-order chi connectivity index (χ0) is 16.7. The monoisotopic (exact) mass is 333 g/mol. The number of esters is 1. The summed E-state index contributed by atoms with van der Waals surface area (Å²) in [4.78, 5) is 20.4. The summed E-state index contributed by atoms with van der Waals surface area (Å²) in [6, 6.07) is 5.48. The second kappa shape index (κ2) is 8.38. The number of aryl methyl sites for hydroxylation is 1. The number of nitrogens with zero attached hydrogens (tertiary/aromatic N) is 2. The average molecular weight is 333 g/mol. The molecule has 2 aromatic rings. The Hall–Kier alpha value is -2.28. The van der Waals surface area contributed by atoms with E-state index < -0.39 is 0 Å². The summed E-state index contributed by atoms with van der Waals surface area (Å²) >= 11 is 1.49. The van der Waals surface area contributed by atoms with Crippen LogP contribution < -0.4 is 10.5 Å². The molecule has 0 aromatic carbocycles. The molecular formula is C16H19N3O3S. The van der Waals surface area contributed by atoms with Crippen molar-refractivity contribution in [1.29, 1.82) is 0 Å². The normalized spacial score (nSPS) is 10.3. The van der Waals surface area contributed by atoms with Crippen LogP contribution in [0.1, 0.15) is 19.0 Å². The van der Waals surface area contributed by atoms with Gasteiger partial charge < -0.3 is 15.2 Å². The molecule has 122 valence electrons. The number of ether oxygens (including phenoxy) is 2. The summed E-state index contributed by atoms with van der Waals surface area (Å²) in [5, 5.41) is 0. The van der Waals surface area contributed by atoms with Crippen LogP contribution in [0.3, 0.4) is 0 Å². The number of carbonyl (C=O) groups excluding carboxylic acids is 1. The van der Waals surface area contributed by atoms with Gasteiger partial charge in [0.2, 0.25) is 0 Å². The number of nitrogens with two attached hydrogens (primary N) is 1. The Morgan fingerprint density at radius 2 is 2.17 bits per heavy atom. The molecule has 6 nitrogen and oxygen atoms in total. The Bertz CT molecular complexity index is 679. The van der Waals surface area contributed by atoms with Gasteiger partial charge in [-0.25, -0.2) is 4.98 Å². The van der Waals surface area contributed by atoms with Crippen LogP contribution in [0.2, 0.25) is 0 Å². The lowest BCUT2D eigenvalue weighted by Gasteiger charge is -2.11. The molecule has 2 rings (SSSR count). The fourth-order valence-corrected chi connectivity index (χ4v) is 2.67. The van der Waals surface area contributed by atoms with Gasteiger partial charge in [0.05, 0.1) is 19.2 Å². The maximum Gasteiger partial charge on any atom is 0.306 e. The number of rotatable bonds is 7. The fourth-order valence-electron chi connectivity index (χ4n) is 1.85. The lowest BCUT2D eigenvalue weighted by atomic mass is 10.2. The van der Waals surface area contributed by atoms with E-state index in [0.717, 1.165) is 17.0 Å². The first-order valence-corrected chi connectivity index (χ1v) is 8.19. The van der Waals surface area contributed by atoms with Crippen LogP contribution >= 0.6 is 11.8 Å². The molecule has 0 unspecified atom stereocenters. The van der Waals surface area contributed by atoms with Crippen molar-refractivity contribution in [2.75, 3.05) is 18.6 Å². The molecule has 0 amide bonds. The Morgan fingerprint density at radius 1 is 1.35 bits per heavy atom. The topological polar surface area (TPSA) is 87.3 Å². The molecule has 0 atom stereocenters. The Balaban J connectivity index is 2.09. The van der Waals surface area contributed by atoms with Gasteiger partial charge in [-0.1, -0.05) is 6.92 Å². The first-order valence-electron chi connectivity index (χ1n) is 7.21. The van der Waals surface area contributed by atoms with Crippen molar-refractivity contribution in [1.82, 2.24) is 9.97 Å². The van der Waals surface area contributed by atoms with E-state index in [4.69, 9.17) is 10.5 Å². The molecule has 23 heavy (non-hydrogen) atoms. The van der Waals surface area contributed by atoms with E-state index in [1.807, 2.05) is 25.1 Å². The third-order valence-electron chi connectivity index (χ3n) is 3.06. The zero-order valence-corrected chi connectivity index (χ0v) is 13.9. The number of anilines is 1. The standard InChI is InChI=1S/C16H19N3O3S/c1-3-12-13(5-4-7-18-12)22-14-9-11(10-19-16(14)17)23-8-6-15(20)21-2/h4-5,7,9-10H,3,6,8H2,1-2H3,(H2,17,19). The number of methoxy groups -OCH3 is 1. The Morgan fingerprint density at radius 3 is 2.91 bits per heavy atom.